The highest BCUT2D eigenvalue weighted by molar-refractivity contribution is 8.00. The van der Waals surface area contributed by atoms with Crippen LogP contribution in [0.5, 0.6) is 0 Å². The maximum Gasteiger partial charge on any atom is 0.147 e. The molecule has 1 aromatic rings. The summed E-state index contributed by atoms with van der Waals surface area (Å²) in [5.41, 5.74) is 2.11. The van der Waals surface area contributed by atoms with E-state index < -0.39 is 0 Å². The Morgan fingerprint density at radius 1 is 1.40 bits per heavy atom. The van der Waals surface area contributed by atoms with Crippen molar-refractivity contribution in [2.24, 2.45) is 0 Å². The lowest BCUT2D eigenvalue weighted by Crippen LogP contribution is -2.11. The molecule has 0 N–H and O–H groups in total. The first-order valence-corrected chi connectivity index (χ1v) is 6.15. The summed E-state index contributed by atoms with van der Waals surface area (Å²) in [6.45, 7) is 2.16. The average Bonchev–Trinajstić information content (AvgIpc) is 2.28. The van der Waals surface area contributed by atoms with E-state index in [-0.39, 0.29) is 0 Å². The van der Waals surface area contributed by atoms with Gasteiger partial charge in [-0.05, 0) is 24.1 Å². The van der Waals surface area contributed by atoms with Crippen LogP contribution in [0.4, 0.5) is 0 Å². The molecular weight excluding hydrogens is 204 g/mol. The van der Waals surface area contributed by atoms with Crippen LogP contribution in [0.3, 0.4) is 0 Å². The van der Waals surface area contributed by atoms with E-state index in [9.17, 15) is 4.79 Å². The first-order chi connectivity index (χ1) is 7.35. The zero-order chi connectivity index (χ0) is 10.7. The molecule has 1 aromatic carbocycles. The number of hydrogen-bond donors (Lipinski definition) is 0. The molecule has 0 aromatic heterocycles. The summed E-state index contributed by atoms with van der Waals surface area (Å²) >= 11 is 1.81. The van der Waals surface area contributed by atoms with Crippen molar-refractivity contribution < 1.29 is 4.79 Å². The van der Waals surface area contributed by atoms with E-state index in [0.29, 0.717) is 5.25 Å². The maximum atomic E-state index is 11.0. The highest BCUT2D eigenvalue weighted by Crippen LogP contribution is 2.38. The fourth-order valence-electron chi connectivity index (χ4n) is 1.80. The predicted octanol–water partition coefficient (Wildman–Crippen LogP) is 3.54. The minimum Gasteiger partial charge on any atom is -0.298 e. The molecule has 0 spiro atoms. The van der Waals surface area contributed by atoms with E-state index in [0.717, 1.165) is 24.7 Å². The number of thioether (sulfide) groups is 1. The Labute approximate surface area is 94.6 Å². The molecule has 2 rings (SSSR count). The van der Waals surface area contributed by atoms with Crippen LogP contribution in [0.15, 0.2) is 34.7 Å². The molecule has 1 aliphatic heterocycles. The van der Waals surface area contributed by atoms with Crippen LogP contribution in [-0.2, 0) is 4.79 Å². The maximum absolute atomic E-state index is 11.0. The van der Waals surface area contributed by atoms with Gasteiger partial charge >= 0.3 is 0 Å². The molecule has 1 atom stereocenters. The number of aldehydes is 1. The SMILES string of the molecule is CCC[C@H]1Sc2ccccc2C=C1C=O. The molecule has 0 unspecified atom stereocenters. The van der Waals surface area contributed by atoms with Crippen LogP contribution in [0.25, 0.3) is 6.08 Å². The van der Waals surface area contributed by atoms with E-state index in [1.807, 2.05) is 23.9 Å². The zero-order valence-corrected chi connectivity index (χ0v) is 9.59. The van der Waals surface area contributed by atoms with Crippen molar-refractivity contribution >= 4 is 24.1 Å². The van der Waals surface area contributed by atoms with Gasteiger partial charge in [0.05, 0.1) is 0 Å². The lowest BCUT2D eigenvalue weighted by molar-refractivity contribution is -0.104. The lowest BCUT2D eigenvalue weighted by Gasteiger charge is -2.21. The number of fused-ring (bicyclic) bond motifs is 1. The molecule has 0 amide bonds. The Balaban J connectivity index is 2.35. The molecule has 1 aliphatic rings. The summed E-state index contributed by atoms with van der Waals surface area (Å²) in [7, 11) is 0. The van der Waals surface area contributed by atoms with Crippen LogP contribution in [0, 0.1) is 0 Å². The van der Waals surface area contributed by atoms with E-state index in [2.05, 4.69) is 25.1 Å². The van der Waals surface area contributed by atoms with E-state index in [4.69, 9.17) is 0 Å². The summed E-state index contributed by atoms with van der Waals surface area (Å²) in [6, 6.07) is 8.25. The molecule has 2 heteroatoms. The van der Waals surface area contributed by atoms with Crippen LogP contribution in [0.2, 0.25) is 0 Å². The molecule has 0 saturated heterocycles. The lowest BCUT2D eigenvalue weighted by atomic mass is 10.1. The van der Waals surface area contributed by atoms with Gasteiger partial charge < -0.3 is 0 Å². The summed E-state index contributed by atoms with van der Waals surface area (Å²) in [5, 5.41) is 0.349. The van der Waals surface area contributed by atoms with Crippen molar-refractivity contribution in [2.75, 3.05) is 0 Å². The molecule has 0 aliphatic carbocycles. The topological polar surface area (TPSA) is 17.1 Å². The smallest absolute Gasteiger partial charge is 0.147 e. The molecule has 0 fully saturated rings. The number of hydrogen-bond acceptors (Lipinski definition) is 2. The molecule has 0 bridgehead atoms. The van der Waals surface area contributed by atoms with Crippen LogP contribution in [0.1, 0.15) is 25.3 Å². The number of carbonyl (C=O) groups is 1. The Morgan fingerprint density at radius 3 is 2.93 bits per heavy atom. The molecule has 78 valence electrons. The van der Waals surface area contributed by atoms with Gasteiger partial charge in [-0.2, -0.15) is 0 Å². The van der Waals surface area contributed by atoms with Gasteiger partial charge in [-0.15, -0.1) is 11.8 Å². The zero-order valence-electron chi connectivity index (χ0n) is 8.77. The first kappa shape index (κ1) is 10.5. The Bertz CT molecular complexity index is 395. The highest BCUT2D eigenvalue weighted by atomic mass is 32.2. The summed E-state index contributed by atoms with van der Waals surface area (Å²) < 4.78 is 0. The van der Waals surface area contributed by atoms with Gasteiger partial charge in [0, 0.05) is 15.7 Å². The fourth-order valence-corrected chi connectivity index (χ4v) is 3.14. The second-order valence-corrected chi connectivity index (χ2v) is 4.94. The summed E-state index contributed by atoms with van der Waals surface area (Å²) in [6.07, 6.45) is 5.22. The second-order valence-electron chi connectivity index (χ2n) is 3.70. The Kier molecular flexibility index (Phi) is 3.27. The molecule has 1 nitrogen and oxygen atoms in total. The third kappa shape index (κ3) is 2.15. The molecule has 0 radical (unpaired) electrons. The van der Waals surface area contributed by atoms with Crippen molar-refractivity contribution in [3.05, 3.63) is 35.4 Å². The van der Waals surface area contributed by atoms with Gasteiger partial charge in [0.2, 0.25) is 0 Å². The van der Waals surface area contributed by atoms with Gasteiger partial charge in [-0.25, -0.2) is 0 Å². The van der Waals surface area contributed by atoms with Gasteiger partial charge in [0.1, 0.15) is 6.29 Å². The number of benzene rings is 1. The summed E-state index contributed by atoms with van der Waals surface area (Å²) in [5.74, 6) is 0. The number of carbonyl (C=O) groups excluding carboxylic acids is 1. The van der Waals surface area contributed by atoms with E-state index >= 15 is 0 Å². The largest absolute Gasteiger partial charge is 0.298 e. The van der Waals surface area contributed by atoms with E-state index in [1.165, 1.54) is 10.5 Å². The van der Waals surface area contributed by atoms with Gasteiger partial charge in [-0.3, -0.25) is 4.79 Å². The highest BCUT2D eigenvalue weighted by Gasteiger charge is 2.20. The van der Waals surface area contributed by atoms with E-state index in [1.54, 1.807) is 0 Å². The van der Waals surface area contributed by atoms with Crippen molar-refractivity contribution in [2.45, 2.75) is 29.9 Å². The van der Waals surface area contributed by atoms with Crippen LogP contribution < -0.4 is 0 Å². The third-order valence-corrected chi connectivity index (χ3v) is 3.99. The minimum atomic E-state index is 0.349. The van der Waals surface area contributed by atoms with Crippen molar-refractivity contribution in [1.29, 1.82) is 0 Å². The first-order valence-electron chi connectivity index (χ1n) is 5.27. The minimum absolute atomic E-state index is 0.349. The predicted molar refractivity (Wildman–Crippen MR) is 65.0 cm³/mol. The normalized spacial score (nSPS) is 19.3. The Hall–Kier alpha value is -1.02. The van der Waals surface area contributed by atoms with Gasteiger partial charge in [-0.1, -0.05) is 31.5 Å². The second kappa shape index (κ2) is 4.67. The van der Waals surface area contributed by atoms with Gasteiger partial charge in [0.15, 0.2) is 0 Å². The van der Waals surface area contributed by atoms with Crippen molar-refractivity contribution in [1.82, 2.24) is 0 Å². The van der Waals surface area contributed by atoms with Crippen molar-refractivity contribution in [3.63, 3.8) is 0 Å². The number of rotatable bonds is 3. The molecule has 15 heavy (non-hydrogen) atoms. The average molecular weight is 218 g/mol. The Morgan fingerprint density at radius 2 is 2.20 bits per heavy atom. The van der Waals surface area contributed by atoms with Crippen LogP contribution >= 0.6 is 11.8 Å². The molecule has 1 heterocycles. The third-order valence-electron chi connectivity index (χ3n) is 2.57. The molecule has 0 saturated carbocycles. The standard InChI is InChI=1S/C13H14OS/c1-2-5-12-11(9-14)8-10-6-3-4-7-13(10)15-12/h3-4,6-9,12H,2,5H2,1H3/t12-/m1/s1. The molecular formula is C13H14OS. The quantitative estimate of drug-likeness (QED) is 0.722. The monoisotopic (exact) mass is 218 g/mol. The fraction of sp³-hybridized carbons (Fsp3) is 0.308. The van der Waals surface area contributed by atoms with Crippen LogP contribution in [-0.4, -0.2) is 11.5 Å². The van der Waals surface area contributed by atoms with Crippen molar-refractivity contribution in [3.8, 4) is 0 Å². The van der Waals surface area contributed by atoms with Gasteiger partial charge in [0.25, 0.3) is 0 Å². The summed E-state index contributed by atoms with van der Waals surface area (Å²) in [4.78, 5) is 12.3.